The summed E-state index contributed by atoms with van der Waals surface area (Å²) < 4.78 is 17.8. The van der Waals surface area contributed by atoms with Gasteiger partial charge in [-0.15, -0.1) is 11.3 Å². The summed E-state index contributed by atoms with van der Waals surface area (Å²) in [5.41, 5.74) is 2.22. The lowest BCUT2D eigenvalue weighted by molar-refractivity contribution is -0.145. The fraction of sp³-hybridized carbons (Fsp3) is 0.190. The predicted octanol–water partition coefficient (Wildman–Crippen LogP) is 3.45. The highest BCUT2D eigenvalue weighted by Gasteiger charge is 2.23. The summed E-state index contributed by atoms with van der Waals surface area (Å²) in [6.07, 6.45) is 0.627. The normalized spacial score (nSPS) is 11.6. The van der Waals surface area contributed by atoms with Crippen molar-refractivity contribution in [2.24, 2.45) is 0 Å². The summed E-state index contributed by atoms with van der Waals surface area (Å²) in [5, 5.41) is 5.36. The van der Waals surface area contributed by atoms with Gasteiger partial charge in [0.05, 0.1) is 24.2 Å². The number of benzene rings is 2. The van der Waals surface area contributed by atoms with Crippen molar-refractivity contribution in [2.45, 2.75) is 18.9 Å². The molecule has 1 amide bonds. The number of thiazole rings is 1. The molecule has 1 aromatic heterocycles. The van der Waals surface area contributed by atoms with Gasteiger partial charge in [0.1, 0.15) is 5.82 Å². The van der Waals surface area contributed by atoms with Crippen LogP contribution in [0.2, 0.25) is 0 Å². The Kier molecular flexibility index (Phi) is 6.49. The van der Waals surface area contributed by atoms with E-state index < -0.39 is 12.0 Å². The van der Waals surface area contributed by atoms with E-state index in [-0.39, 0.29) is 18.1 Å². The Bertz CT molecular complexity index is 942. The monoisotopic (exact) mass is 398 g/mol. The quantitative estimate of drug-likeness (QED) is 0.619. The van der Waals surface area contributed by atoms with Crippen molar-refractivity contribution < 1.29 is 18.7 Å². The van der Waals surface area contributed by atoms with E-state index in [4.69, 9.17) is 4.74 Å². The van der Waals surface area contributed by atoms with Gasteiger partial charge in [-0.1, -0.05) is 42.5 Å². The lowest BCUT2D eigenvalue weighted by Gasteiger charge is -2.16. The summed E-state index contributed by atoms with van der Waals surface area (Å²) in [7, 11) is 1.28. The van der Waals surface area contributed by atoms with Gasteiger partial charge >= 0.3 is 5.97 Å². The highest BCUT2D eigenvalue weighted by Crippen LogP contribution is 2.17. The van der Waals surface area contributed by atoms with Crippen LogP contribution in [0.3, 0.4) is 0 Å². The van der Waals surface area contributed by atoms with E-state index in [1.54, 1.807) is 36.4 Å². The van der Waals surface area contributed by atoms with Crippen LogP contribution >= 0.6 is 11.3 Å². The molecule has 0 saturated heterocycles. The molecule has 0 aliphatic heterocycles. The lowest BCUT2D eigenvalue weighted by atomic mass is 10.1. The van der Waals surface area contributed by atoms with Crippen LogP contribution in [0.1, 0.15) is 27.9 Å². The topological polar surface area (TPSA) is 68.3 Å². The number of hydrogen-bond donors (Lipinski definition) is 1. The standard InChI is InChI=1S/C21H19FN2O3S/c1-27-21(26)20(15-5-3-2-4-6-15)24-18(25)12-17-13-28-19(23-17)11-14-7-9-16(22)10-8-14/h2-10,13,20H,11-12H2,1H3,(H,24,25). The molecule has 0 spiro atoms. The van der Waals surface area contributed by atoms with Crippen molar-refractivity contribution >= 4 is 23.2 Å². The lowest BCUT2D eigenvalue weighted by Crippen LogP contribution is -2.35. The minimum Gasteiger partial charge on any atom is -0.467 e. The Morgan fingerprint density at radius 1 is 1.14 bits per heavy atom. The van der Waals surface area contributed by atoms with Crippen molar-refractivity contribution in [1.82, 2.24) is 10.3 Å². The summed E-state index contributed by atoms with van der Waals surface area (Å²) in [5.74, 6) is -1.13. The van der Waals surface area contributed by atoms with E-state index in [0.29, 0.717) is 17.7 Å². The maximum absolute atomic E-state index is 13.0. The van der Waals surface area contributed by atoms with Crippen LogP contribution in [0.15, 0.2) is 60.0 Å². The average Bonchev–Trinajstić information content (AvgIpc) is 3.14. The van der Waals surface area contributed by atoms with E-state index in [0.717, 1.165) is 10.6 Å². The Labute approximate surface area is 166 Å². The van der Waals surface area contributed by atoms with Crippen molar-refractivity contribution in [1.29, 1.82) is 0 Å². The van der Waals surface area contributed by atoms with Crippen LogP contribution in [0.25, 0.3) is 0 Å². The number of esters is 1. The fourth-order valence-electron chi connectivity index (χ4n) is 2.71. The Morgan fingerprint density at radius 3 is 2.54 bits per heavy atom. The molecular weight excluding hydrogens is 379 g/mol. The molecule has 0 saturated carbocycles. The number of carbonyl (C=O) groups is 2. The molecule has 1 N–H and O–H groups in total. The van der Waals surface area contributed by atoms with Gasteiger partial charge in [0.15, 0.2) is 6.04 Å². The van der Waals surface area contributed by atoms with Crippen LogP contribution in [-0.4, -0.2) is 24.0 Å². The highest BCUT2D eigenvalue weighted by atomic mass is 32.1. The number of ether oxygens (including phenoxy) is 1. The average molecular weight is 398 g/mol. The predicted molar refractivity (Wildman–Crippen MR) is 104 cm³/mol. The zero-order chi connectivity index (χ0) is 19.9. The molecule has 2 aromatic carbocycles. The van der Waals surface area contributed by atoms with Gasteiger partial charge in [-0.3, -0.25) is 4.79 Å². The number of rotatable bonds is 7. The van der Waals surface area contributed by atoms with E-state index >= 15 is 0 Å². The number of nitrogens with one attached hydrogen (secondary N) is 1. The molecule has 0 bridgehead atoms. The second kappa shape index (κ2) is 9.23. The van der Waals surface area contributed by atoms with Crippen molar-refractivity contribution in [3.05, 3.63) is 87.6 Å². The molecule has 3 aromatic rings. The third kappa shape index (κ3) is 5.23. The number of nitrogens with zero attached hydrogens (tertiary/aromatic N) is 1. The third-order valence-corrected chi connectivity index (χ3v) is 4.98. The van der Waals surface area contributed by atoms with Gasteiger partial charge in [0.25, 0.3) is 0 Å². The van der Waals surface area contributed by atoms with Gasteiger partial charge in [0, 0.05) is 11.8 Å². The number of hydrogen-bond acceptors (Lipinski definition) is 5. The maximum Gasteiger partial charge on any atom is 0.333 e. The van der Waals surface area contributed by atoms with Crippen molar-refractivity contribution in [2.75, 3.05) is 7.11 Å². The first-order valence-electron chi connectivity index (χ1n) is 8.65. The summed E-state index contributed by atoms with van der Waals surface area (Å²) in [6, 6.07) is 14.3. The Hall–Kier alpha value is -3.06. The second-order valence-electron chi connectivity index (χ2n) is 6.15. The summed E-state index contributed by atoms with van der Waals surface area (Å²) in [6.45, 7) is 0. The molecule has 0 radical (unpaired) electrons. The minimum atomic E-state index is -0.865. The second-order valence-corrected chi connectivity index (χ2v) is 7.09. The first-order valence-corrected chi connectivity index (χ1v) is 9.53. The molecule has 144 valence electrons. The van der Waals surface area contributed by atoms with Crippen molar-refractivity contribution in [3.8, 4) is 0 Å². The van der Waals surface area contributed by atoms with E-state index in [2.05, 4.69) is 10.3 Å². The smallest absolute Gasteiger partial charge is 0.333 e. The number of amides is 1. The Morgan fingerprint density at radius 2 is 1.86 bits per heavy atom. The van der Waals surface area contributed by atoms with Gasteiger partial charge in [-0.25, -0.2) is 14.2 Å². The fourth-order valence-corrected chi connectivity index (χ4v) is 3.53. The zero-order valence-electron chi connectivity index (χ0n) is 15.2. The molecule has 1 atom stereocenters. The van der Waals surface area contributed by atoms with Gasteiger partial charge < -0.3 is 10.1 Å². The van der Waals surface area contributed by atoms with Gasteiger partial charge in [0.2, 0.25) is 5.91 Å². The molecule has 0 fully saturated rings. The van der Waals surface area contributed by atoms with Crippen LogP contribution in [0, 0.1) is 5.82 Å². The molecule has 1 unspecified atom stereocenters. The van der Waals surface area contributed by atoms with Crippen LogP contribution in [0.4, 0.5) is 4.39 Å². The van der Waals surface area contributed by atoms with Crippen LogP contribution in [-0.2, 0) is 27.2 Å². The maximum atomic E-state index is 13.0. The molecule has 7 heteroatoms. The molecule has 0 aliphatic carbocycles. The number of aromatic nitrogens is 1. The number of carbonyl (C=O) groups excluding carboxylic acids is 2. The molecule has 1 heterocycles. The third-order valence-electron chi connectivity index (χ3n) is 4.08. The van der Waals surface area contributed by atoms with Gasteiger partial charge in [-0.05, 0) is 23.3 Å². The van der Waals surface area contributed by atoms with Crippen LogP contribution in [0.5, 0.6) is 0 Å². The molecule has 5 nitrogen and oxygen atoms in total. The molecule has 0 aliphatic rings. The molecule has 3 rings (SSSR count). The van der Waals surface area contributed by atoms with E-state index in [1.165, 1.54) is 30.6 Å². The summed E-state index contributed by atoms with van der Waals surface area (Å²) in [4.78, 5) is 28.9. The number of methoxy groups -OCH3 is 1. The SMILES string of the molecule is COC(=O)C(NC(=O)Cc1csc(Cc2ccc(F)cc2)n1)c1ccccc1. The first-order chi connectivity index (χ1) is 13.5. The molecular formula is C21H19FN2O3S. The first kappa shape index (κ1) is 19.7. The highest BCUT2D eigenvalue weighted by molar-refractivity contribution is 7.09. The zero-order valence-corrected chi connectivity index (χ0v) is 16.0. The largest absolute Gasteiger partial charge is 0.467 e. The van der Waals surface area contributed by atoms with E-state index in [1.807, 2.05) is 11.4 Å². The Balaban J connectivity index is 1.63. The summed E-state index contributed by atoms with van der Waals surface area (Å²) >= 11 is 1.44. The molecule has 28 heavy (non-hydrogen) atoms. The van der Waals surface area contributed by atoms with Crippen molar-refractivity contribution in [3.63, 3.8) is 0 Å². The van der Waals surface area contributed by atoms with E-state index in [9.17, 15) is 14.0 Å². The minimum absolute atomic E-state index is 0.0558. The van der Waals surface area contributed by atoms with Gasteiger partial charge in [-0.2, -0.15) is 0 Å². The van der Waals surface area contributed by atoms with Crippen LogP contribution < -0.4 is 5.32 Å². The number of halogens is 1.